The zero-order valence-corrected chi connectivity index (χ0v) is 13.9. The Bertz CT molecular complexity index is 514. The average molecular weight is 286 g/mol. The maximum atomic E-state index is 10.9. The van der Waals surface area contributed by atoms with E-state index >= 15 is 0 Å². The molecule has 0 aliphatic heterocycles. The normalized spacial score (nSPS) is 55.4. The Balaban J connectivity index is 1.73. The molecule has 3 unspecified atom stereocenters. The van der Waals surface area contributed by atoms with E-state index in [4.69, 9.17) is 0 Å². The zero-order valence-electron chi connectivity index (χ0n) is 13.9. The van der Waals surface area contributed by atoms with Gasteiger partial charge in [-0.2, -0.15) is 0 Å². The molecule has 0 amide bonds. The number of rotatable bonds is 0. The van der Waals surface area contributed by atoms with Gasteiger partial charge in [0.25, 0.3) is 0 Å². The van der Waals surface area contributed by atoms with Crippen molar-refractivity contribution in [3.05, 3.63) is 23.8 Å². The zero-order chi connectivity index (χ0) is 14.9. The first-order valence-electron chi connectivity index (χ1n) is 8.98. The van der Waals surface area contributed by atoms with Crippen molar-refractivity contribution < 1.29 is 5.11 Å². The summed E-state index contributed by atoms with van der Waals surface area (Å²) in [5.74, 6) is 2.37. The van der Waals surface area contributed by atoms with E-state index in [2.05, 4.69) is 39.0 Å². The van der Waals surface area contributed by atoms with Crippen molar-refractivity contribution >= 4 is 0 Å². The maximum absolute atomic E-state index is 10.9. The Labute approximate surface area is 129 Å². The lowest BCUT2D eigenvalue weighted by Crippen LogP contribution is -2.53. The number of allylic oxidation sites excluding steroid dienone is 4. The minimum atomic E-state index is -0.444. The van der Waals surface area contributed by atoms with Crippen molar-refractivity contribution in [2.75, 3.05) is 0 Å². The Morgan fingerprint density at radius 1 is 1.05 bits per heavy atom. The second-order valence-corrected chi connectivity index (χ2v) is 8.90. The lowest BCUT2D eigenvalue weighted by Gasteiger charge is -2.57. The lowest BCUT2D eigenvalue weighted by molar-refractivity contribution is -0.111. The van der Waals surface area contributed by atoms with Gasteiger partial charge in [0.05, 0.1) is 5.60 Å². The van der Waals surface area contributed by atoms with E-state index in [0.717, 1.165) is 24.2 Å². The second kappa shape index (κ2) is 4.25. The van der Waals surface area contributed by atoms with E-state index in [1.54, 1.807) is 5.57 Å². The maximum Gasteiger partial charge on any atom is 0.0675 e. The molecule has 0 aromatic carbocycles. The first kappa shape index (κ1) is 14.1. The molecule has 0 spiro atoms. The van der Waals surface area contributed by atoms with Crippen LogP contribution in [-0.4, -0.2) is 10.7 Å². The van der Waals surface area contributed by atoms with Gasteiger partial charge in [-0.1, -0.05) is 32.1 Å². The first-order chi connectivity index (χ1) is 9.88. The fourth-order valence-corrected chi connectivity index (χ4v) is 6.54. The molecule has 0 bridgehead atoms. The fraction of sp³-hybridized carbons (Fsp3) is 0.800. The van der Waals surface area contributed by atoms with Crippen molar-refractivity contribution in [3.63, 3.8) is 0 Å². The van der Waals surface area contributed by atoms with Gasteiger partial charge in [-0.25, -0.2) is 0 Å². The summed E-state index contributed by atoms with van der Waals surface area (Å²) in [5.41, 5.74) is 1.73. The summed E-state index contributed by atoms with van der Waals surface area (Å²) in [7, 11) is 0. The summed E-state index contributed by atoms with van der Waals surface area (Å²) in [6.07, 6.45) is 15.9. The molecule has 4 rings (SSSR count). The van der Waals surface area contributed by atoms with Crippen molar-refractivity contribution in [1.29, 1.82) is 0 Å². The third-order valence-corrected chi connectivity index (χ3v) is 8.21. The van der Waals surface area contributed by atoms with Crippen LogP contribution in [0, 0.1) is 28.6 Å². The van der Waals surface area contributed by atoms with Crippen LogP contribution in [0.4, 0.5) is 0 Å². The fourth-order valence-electron chi connectivity index (χ4n) is 6.54. The van der Waals surface area contributed by atoms with Crippen LogP contribution in [0.15, 0.2) is 23.8 Å². The van der Waals surface area contributed by atoms with Crippen LogP contribution < -0.4 is 0 Å². The number of hydrogen-bond acceptors (Lipinski definition) is 1. The van der Waals surface area contributed by atoms with Gasteiger partial charge in [-0.3, -0.25) is 0 Å². The number of fused-ring (bicyclic) bond motifs is 5. The van der Waals surface area contributed by atoms with Crippen LogP contribution in [0.5, 0.6) is 0 Å². The highest BCUT2D eigenvalue weighted by atomic mass is 16.3. The molecule has 4 aliphatic carbocycles. The van der Waals surface area contributed by atoms with Gasteiger partial charge < -0.3 is 5.11 Å². The van der Waals surface area contributed by atoms with E-state index in [9.17, 15) is 5.11 Å². The summed E-state index contributed by atoms with van der Waals surface area (Å²) < 4.78 is 0. The molecule has 0 saturated heterocycles. The predicted molar refractivity (Wildman–Crippen MR) is 86.8 cm³/mol. The average Bonchev–Trinajstić information content (AvgIpc) is 2.69. The van der Waals surface area contributed by atoms with E-state index in [1.165, 1.54) is 38.5 Å². The largest absolute Gasteiger partial charge is 0.390 e. The van der Waals surface area contributed by atoms with Gasteiger partial charge in [0.2, 0.25) is 0 Å². The van der Waals surface area contributed by atoms with Crippen molar-refractivity contribution in [2.45, 2.75) is 71.3 Å². The number of hydrogen-bond donors (Lipinski definition) is 1. The summed E-state index contributed by atoms with van der Waals surface area (Å²) in [6.45, 7) is 7.00. The summed E-state index contributed by atoms with van der Waals surface area (Å²) in [5, 5.41) is 10.9. The van der Waals surface area contributed by atoms with Gasteiger partial charge >= 0.3 is 0 Å². The van der Waals surface area contributed by atoms with E-state index < -0.39 is 5.60 Å². The minimum Gasteiger partial charge on any atom is -0.390 e. The topological polar surface area (TPSA) is 20.2 Å². The minimum absolute atomic E-state index is 0.153. The molecule has 0 heterocycles. The lowest BCUT2D eigenvalue weighted by atomic mass is 9.48. The van der Waals surface area contributed by atoms with Gasteiger partial charge in [0.1, 0.15) is 0 Å². The van der Waals surface area contributed by atoms with Gasteiger partial charge in [-0.05, 0) is 86.0 Å². The predicted octanol–water partition coefficient (Wildman–Crippen LogP) is 4.87. The SMILES string of the molecule is C[C@]12CCC=CC1=CCC1C2CC[C@@]2(C)C1CC[C@]2(C)O. The van der Waals surface area contributed by atoms with Crippen LogP contribution in [0.25, 0.3) is 0 Å². The third kappa shape index (κ3) is 1.67. The Hall–Kier alpha value is -0.560. The molecule has 0 aromatic heterocycles. The van der Waals surface area contributed by atoms with Crippen LogP contribution >= 0.6 is 0 Å². The second-order valence-electron chi connectivity index (χ2n) is 8.90. The highest BCUT2D eigenvalue weighted by Gasteiger charge is 2.61. The molecule has 0 radical (unpaired) electrons. The van der Waals surface area contributed by atoms with Crippen LogP contribution in [0.3, 0.4) is 0 Å². The van der Waals surface area contributed by atoms with Crippen molar-refractivity contribution in [3.8, 4) is 0 Å². The molecule has 1 N–H and O–H groups in total. The summed E-state index contributed by atoms with van der Waals surface area (Å²) in [6, 6.07) is 0. The molecule has 1 heteroatoms. The Morgan fingerprint density at radius 3 is 2.62 bits per heavy atom. The third-order valence-electron chi connectivity index (χ3n) is 8.21. The van der Waals surface area contributed by atoms with Crippen molar-refractivity contribution in [1.82, 2.24) is 0 Å². The first-order valence-corrected chi connectivity index (χ1v) is 8.98. The number of aliphatic hydroxyl groups is 1. The monoisotopic (exact) mass is 286 g/mol. The molecule has 116 valence electrons. The molecule has 6 atom stereocenters. The summed E-state index contributed by atoms with van der Waals surface area (Å²) >= 11 is 0. The van der Waals surface area contributed by atoms with Crippen LogP contribution in [0.1, 0.15) is 65.7 Å². The van der Waals surface area contributed by atoms with Gasteiger partial charge in [-0.15, -0.1) is 0 Å². The Morgan fingerprint density at radius 2 is 1.81 bits per heavy atom. The quantitative estimate of drug-likeness (QED) is 0.674. The molecule has 4 aliphatic rings. The Kier molecular flexibility index (Phi) is 2.85. The molecule has 1 nitrogen and oxygen atoms in total. The molecular weight excluding hydrogens is 256 g/mol. The van der Waals surface area contributed by atoms with Crippen LogP contribution in [-0.2, 0) is 0 Å². The van der Waals surface area contributed by atoms with Gasteiger partial charge in [0, 0.05) is 0 Å². The molecule has 2 fully saturated rings. The van der Waals surface area contributed by atoms with Crippen molar-refractivity contribution in [2.24, 2.45) is 28.6 Å². The molecule has 2 saturated carbocycles. The smallest absolute Gasteiger partial charge is 0.0675 e. The standard InChI is InChI=1S/C20H30O/c1-18-11-5-4-6-14(18)7-8-15-16(18)9-12-19(2)17(15)10-13-20(19,3)21/h4,6-7,15-17,21H,5,8-13H2,1-3H3/t15?,16?,17?,18-,19-,20-/m0/s1. The van der Waals surface area contributed by atoms with E-state index in [0.29, 0.717) is 5.41 Å². The highest BCUT2D eigenvalue weighted by molar-refractivity contribution is 5.34. The molecular formula is C20H30O. The van der Waals surface area contributed by atoms with E-state index in [-0.39, 0.29) is 5.41 Å². The van der Waals surface area contributed by atoms with Gasteiger partial charge in [0.15, 0.2) is 0 Å². The summed E-state index contributed by atoms with van der Waals surface area (Å²) in [4.78, 5) is 0. The molecule has 0 aromatic rings. The van der Waals surface area contributed by atoms with Crippen LogP contribution in [0.2, 0.25) is 0 Å². The van der Waals surface area contributed by atoms with E-state index in [1.807, 2.05) is 0 Å². The highest BCUT2D eigenvalue weighted by Crippen LogP contribution is 2.66. The molecule has 21 heavy (non-hydrogen) atoms.